The second-order valence-electron chi connectivity index (χ2n) is 4.20. The van der Waals surface area contributed by atoms with Gasteiger partial charge in [0.05, 0.1) is 0 Å². The summed E-state index contributed by atoms with van der Waals surface area (Å²) in [5, 5.41) is 0. The molecule has 0 N–H and O–H groups in total. The lowest BCUT2D eigenvalue weighted by Gasteiger charge is -2.14. The van der Waals surface area contributed by atoms with Crippen LogP contribution in [0.3, 0.4) is 0 Å². The molecule has 19 heavy (non-hydrogen) atoms. The quantitative estimate of drug-likeness (QED) is 0.716. The van der Waals surface area contributed by atoms with Gasteiger partial charge in [-0.25, -0.2) is 0 Å². The molecule has 100 valence electrons. The Hall–Kier alpha value is -1.06. The van der Waals surface area contributed by atoms with Crippen LogP contribution in [0.25, 0.3) is 0 Å². The molecule has 0 spiro atoms. The molecular formula is C16H18OS2. The first-order valence-electron chi connectivity index (χ1n) is 6.14. The van der Waals surface area contributed by atoms with Crippen LogP contribution in [-0.2, 0) is 6.61 Å². The molecular weight excluding hydrogens is 272 g/mol. The lowest BCUT2D eigenvalue weighted by molar-refractivity contribution is 0.298. The summed E-state index contributed by atoms with van der Waals surface area (Å²) in [6.07, 6.45) is 4.22. The van der Waals surface area contributed by atoms with Crippen LogP contribution >= 0.6 is 23.5 Å². The highest BCUT2D eigenvalue weighted by Crippen LogP contribution is 2.30. The molecule has 0 saturated heterocycles. The van der Waals surface area contributed by atoms with Crippen LogP contribution in [0.15, 0.2) is 52.3 Å². The SMILES string of the molecule is CSc1cccc(SC)c1COc1ccccc1C. The van der Waals surface area contributed by atoms with Gasteiger partial charge in [-0.2, -0.15) is 0 Å². The first-order valence-corrected chi connectivity index (χ1v) is 8.59. The van der Waals surface area contributed by atoms with Crippen molar-refractivity contribution in [3.63, 3.8) is 0 Å². The lowest BCUT2D eigenvalue weighted by atomic mass is 10.2. The van der Waals surface area contributed by atoms with E-state index < -0.39 is 0 Å². The Morgan fingerprint density at radius 1 is 0.895 bits per heavy atom. The van der Waals surface area contributed by atoms with E-state index in [1.807, 2.05) is 18.2 Å². The summed E-state index contributed by atoms with van der Waals surface area (Å²) in [6.45, 7) is 2.70. The van der Waals surface area contributed by atoms with Crippen molar-refractivity contribution in [1.82, 2.24) is 0 Å². The second kappa shape index (κ2) is 6.92. The van der Waals surface area contributed by atoms with Gasteiger partial charge < -0.3 is 4.74 Å². The maximum Gasteiger partial charge on any atom is 0.122 e. The van der Waals surface area contributed by atoms with E-state index in [1.54, 1.807) is 23.5 Å². The summed E-state index contributed by atoms with van der Waals surface area (Å²) < 4.78 is 5.98. The molecule has 0 fully saturated rings. The number of thioether (sulfide) groups is 2. The van der Waals surface area contributed by atoms with Crippen molar-refractivity contribution in [3.8, 4) is 5.75 Å². The highest BCUT2D eigenvalue weighted by Gasteiger charge is 2.08. The number of benzene rings is 2. The van der Waals surface area contributed by atoms with Gasteiger partial charge in [-0.15, -0.1) is 23.5 Å². The minimum absolute atomic E-state index is 0.623. The largest absolute Gasteiger partial charge is 0.489 e. The predicted molar refractivity (Wildman–Crippen MR) is 85.5 cm³/mol. The van der Waals surface area contributed by atoms with Crippen molar-refractivity contribution in [3.05, 3.63) is 53.6 Å². The van der Waals surface area contributed by atoms with E-state index in [2.05, 4.69) is 43.7 Å². The monoisotopic (exact) mass is 290 g/mol. The summed E-state index contributed by atoms with van der Waals surface area (Å²) in [7, 11) is 0. The topological polar surface area (TPSA) is 9.23 Å². The van der Waals surface area contributed by atoms with Gasteiger partial charge >= 0.3 is 0 Å². The number of hydrogen-bond acceptors (Lipinski definition) is 3. The average molecular weight is 290 g/mol. The van der Waals surface area contributed by atoms with Crippen molar-refractivity contribution < 1.29 is 4.74 Å². The third-order valence-corrected chi connectivity index (χ3v) is 4.64. The Balaban J connectivity index is 2.21. The number of rotatable bonds is 5. The molecule has 0 aliphatic heterocycles. The predicted octanol–water partition coefficient (Wildman–Crippen LogP) is 5.02. The van der Waals surface area contributed by atoms with E-state index in [9.17, 15) is 0 Å². The second-order valence-corrected chi connectivity index (χ2v) is 5.89. The van der Waals surface area contributed by atoms with Crippen molar-refractivity contribution in [2.45, 2.75) is 23.3 Å². The maximum absolute atomic E-state index is 5.98. The van der Waals surface area contributed by atoms with E-state index in [1.165, 1.54) is 20.9 Å². The Morgan fingerprint density at radius 2 is 1.53 bits per heavy atom. The summed E-state index contributed by atoms with van der Waals surface area (Å²) in [6, 6.07) is 14.6. The molecule has 2 aromatic carbocycles. The van der Waals surface area contributed by atoms with Crippen LogP contribution in [0.5, 0.6) is 5.75 Å². The molecule has 0 amide bonds. The van der Waals surface area contributed by atoms with Crippen LogP contribution in [0.4, 0.5) is 0 Å². The molecule has 0 bridgehead atoms. The standard InChI is InChI=1S/C16H18OS2/c1-12-7-4-5-8-14(12)17-11-13-15(18-2)9-6-10-16(13)19-3/h4-10H,11H2,1-3H3. The lowest BCUT2D eigenvalue weighted by Crippen LogP contribution is -2.00. The van der Waals surface area contributed by atoms with Crippen LogP contribution in [0, 0.1) is 6.92 Å². The van der Waals surface area contributed by atoms with Gasteiger partial charge in [0.2, 0.25) is 0 Å². The zero-order valence-corrected chi connectivity index (χ0v) is 13.1. The van der Waals surface area contributed by atoms with Crippen molar-refractivity contribution in [2.24, 2.45) is 0 Å². The first-order chi connectivity index (χ1) is 9.26. The summed E-state index contributed by atoms with van der Waals surface area (Å²) in [5.74, 6) is 0.963. The van der Waals surface area contributed by atoms with E-state index in [-0.39, 0.29) is 0 Å². The smallest absolute Gasteiger partial charge is 0.122 e. The van der Waals surface area contributed by atoms with E-state index >= 15 is 0 Å². The molecule has 0 saturated carbocycles. The van der Waals surface area contributed by atoms with Crippen LogP contribution in [0.1, 0.15) is 11.1 Å². The summed E-state index contributed by atoms with van der Waals surface area (Å²) in [5.41, 5.74) is 2.46. The maximum atomic E-state index is 5.98. The fourth-order valence-corrected chi connectivity index (χ4v) is 3.26. The van der Waals surface area contributed by atoms with Crippen molar-refractivity contribution >= 4 is 23.5 Å². The Labute approximate surface area is 123 Å². The van der Waals surface area contributed by atoms with Crippen LogP contribution in [-0.4, -0.2) is 12.5 Å². The molecule has 0 atom stereocenters. The minimum atomic E-state index is 0.623. The van der Waals surface area contributed by atoms with Gasteiger partial charge in [-0.05, 0) is 43.2 Å². The van der Waals surface area contributed by atoms with E-state index in [4.69, 9.17) is 4.74 Å². The van der Waals surface area contributed by atoms with Crippen molar-refractivity contribution in [1.29, 1.82) is 0 Å². The zero-order valence-electron chi connectivity index (χ0n) is 11.5. The molecule has 2 aromatic rings. The van der Waals surface area contributed by atoms with Gasteiger partial charge in [-0.1, -0.05) is 24.3 Å². The van der Waals surface area contributed by atoms with Gasteiger partial charge in [0.25, 0.3) is 0 Å². The average Bonchev–Trinajstić information content (AvgIpc) is 2.46. The minimum Gasteiger partial charge on any atom is -0.489 e. The Kier molecular flexibility index (Phi) is 5.23. The summed E-state index contributed by atoms with van der Waals surface area (Å²) in [4.78, 5) is 2.58. The molecule has 0 aliphatic carbocycles. The number of para-hydroxylation sites is 1. The number of ether oxygens (including phenoxy) is 1. The fraction of sp³-hybridized carbons (Fsp3) is 0.250. The highest BCUT2D eigenvalue weighted by molar-refractivity contribution is 7.99. The molecule has 0 aliphatic rings. The molecule has 3 heteroatoms. The fourth-order valence-electron chi connectivity index (χ4n) is 1.94. The Bertz CT molecular complexity index is 530. The number of hydrogen-bond donors (Lipinski definition) is 0. The molecule has 0 heterocycles. The zero-order chi connectivity index (χ0) is 13.7. The summed E-state index contributed by atoms with van der Waals surface area (Å²) >= 11 is 3.54. The molecule has 2 rings (SSSR count). The highest BCUT2D eigenvalue weighted by atomic mass is 32.2. The van der Waals surface area contributed by atoms with E-state index in [0.29, 0.717) is 6.61 Å². The number of aryl methyl sites for hydroxylation is 1. The third kappa shape index (κ3) is 3.48. The van der Waals surface area contributed by atoms with Crippen LogP contribution in [0.2, 0.25) is 0 Å². The van der Waals surface area contributed by atoms with Gasteiger partial charge in [0.15, 0.2) is 0 Å². The van der Waals surface area contributed by atoms with E-state index in [0.717, 1.165) is 5.75 Å². The van der Waals surface area contributed by atoms with Crippen LogP contribution < -0.4 is 4.74 Å². The van der Waals surface area contributed by atoms with Gasteiger partial charge in [0.1, 0.15) is 12.4 Å². The Morgan fingerprint density at radius 3 is 2.11 bits per heavy atom. The third-order valence-electron chi connectivity index (χ3n) is 3.00. The van der Waals surface area contributed by atoms with Crippen molar-refractivity contribution in [2.75, 3.05) is 12.5 Å². The first kappa shape index (κ1) is 14.4. The normalized spacial score (nSPS) is 10.5. The molecule has 0 unspecified atom stereocenters. The molecule has 1 nitrogen and oxygen atoms in total. The van der Waals surface area contributed by atoms with Gasteiger partial charge in [-0.3, -0.25) is 0 Å². The molecule has 0 radical (unpaired) electrons. The van der Waals surface area contributed by atoms with Gasteiger partial charge in [0, 0.05) is 15.4 Å². The molecule has 0 aromatic heterocycles.